The molecule has 0 bridgehead atoms. The van der Waals surface area contributed by atoms with E-state index in [1.165, 1.54) is 18.5 Å². The summed E-state index contributed by atoms with van der Waals surface area (Å²) < 4.78 is 52.6. The molecule has 1 saturated heterocycles. The van der Waals surface area contributed by atoms with E-state index in [0.29, 0.717) is 22.6 Å². The van der Waals surface area contributed by atoms with Crippen LogP contribution in [0.1, 0.15) is 24.8 Å². The van der Waals surface area contributed by atoms with Gasteiger partial charge in [-0.05, 0) is 37.1 Å². The predicted molar refractivity (Wildman–Crippen MR) is 107 cm³/mol. The zero-order valence-electron chi connectivity index (χ0n) is 16.2. The quantitative estimate of drug-likeness (QED) is 0.519. The average molecular weight is 429 g/mol. The second kappa shape index (κ2) is 7.38. The number of hydrogen-bond donors (Lipinski definition) is 1. The molecule has 1 aliphatic rings. The number of nitrogen functional groups attached to an aromatic ring is 1. The van der Waals surface area contributed by atoms with Crippen LogP contribution >= 0.6 is 0 Å². The summed E-state index contributed by atoms with van der Waals surface area (Å²) >= 11 is 0. The van der Waals surface area contributed by atoms with E-state index in [2.05, 4.69) is 15.0 Å². The Morgan fingerprint density at radius 2 is 1.97 bits per heavy atom. The van der Waals surface area contributed by atoms with Gasteiger partial charge >= 0.3 is 6.18 Å². The van der Waals surface area contributed by atoms with E-state index in [-0.39, 0.29) is 24.5 Å². The molecule has 0 radical (unpaired) electrons. The lowest BCUT2D eigenvalue weighted by molar-refractivity contribution is -0.140. The van der Waals surface area contributed by atoms with Gasteiger partial charge < -0.3 is 19.8 Å². The molecule has 10 heteroatoms. The second-order valence-electron chi connectivity index (χ2n) is 7.37. The van der Waals surface area contributed by atoms with E-state index in [4.69, 9.17) is 15.2 Å². The lowest BCUT2D eigenvalue weighted by Gasteiger charge is -2.16. The van der Waals surface area contributed by atoms with Crippen molar-refractivity contribution in [2.24, 2.45) is 0 Å². The van der Waals surface area contributed by atoms with Crippen LogP contribution in [-0.4, -0.2) is 32.2 Å². The van der Waals surface area contributed by atoms with Gasteiger partial charge in [0.25, 0.3) is 0 Å². The first-order valence-corrected chi connectivity index (χ1v) is 9.72. The number of anilines is 1. The van der Waals surface area contributed by atoms with Gasteiger partial charge in [-0.1, -0.05) is 6.07 Å². The summed E-state index contributed by atoms with van der Waals surface area (Å²) in [6.45, 7) is 0.275. The first kappa shape index (κ1) is 19.6. The molecule has 2 N–H and O–H groups in total. The summed E-state index contributed by atoms with van der Waals surface area (Å²) in [6, 6.07) is 9.14. The topological polar surface area (TPSA) is 88.1 Å². The number of alkyl halides is 3. The molecule has 4 aromatic rings. The summed E-state index contributed by atoms with van der Waals surface area (Å²) in [5.74, 6) is 0.860. The van der Waals surface area contributed by atoms with Gasteiger partial charge in [0.2, 0.25) is 0 Å². The fraction of sp³-hybridized carbons (Fsp3) is 0.286. The Hall–Kier alpha value is -3.40. The molecule has 0 spiro atoms. The number of nitrogens with two attached hydrogens (primary N) is 1. The molecular formula is C21H18F3N5O2. The van der Waals surface area contributed by atoms with Crippen LogP contribution in [0.15, 0.2) is 48.9 Å². The number of aromatic nitrogens is 4. The highest BCUT2D eigenvalue weighted by Crippen LogP contribution is 2.33. The Labute approximate surface area is 174 Å². The monoisotopic (exact) mass is 429 g/mol. The van der Waals surface area contributed by atoms with Gasteiger partial charge in [0, 0.05) is 17.6 Å². The van der Waals surface area contributed by atoms with E-state index >= 15 is 0 Å². The van der Waals surface area contributed by atoms with Crippen LogP contribution in [0.2, 0.25) is 0 Å². The molecule has 3 aromatic heterocycles. The normalized spacial score (nSPS) is 19.3. The number of pyridine rings is 1. The standard InChI is InChI=1S/C21H18F3N5O2/c22-21(23,24)17-5-2-12-1-3-13(9-16(12)28-17)30-10-14-4-6-18(31-14)29-8-7-15-19(25)26-11-27-20(15)29/h1-3,5,7-9,11,14,18H,4,6,10H2,(H2,25,26,27)/t14-,18+/m0/s1. The van der Waals surface area contributed by atoms with Crippen LogP contribution in [0, 0.1) is 0 Å². The second-order valence-corrected chi connectivity index (χ2v) is 7.37. The van der Waals surface area contributed by atoms with Crippen molar-refractivity contribution in [3.05, 3.63) is 54.6 Å². The third-order valence-corrected chi connectivity index (χ3v) is 5.33. The van der Waals surface area contributed by atoms with Crippen LogP contribution < -0.4 is 10.5 Å². The minimum absolute atomic E-state index is 0.160. The van der Waals surface area contributed by atoms with Crippen LogP contribution in [0.4, 0.5) is 19.0 Å². The molecule has 5 rings (SSSR count). The molecule has 1 aromatic carbocycles. The smallest absolute Gasteiger partial charge is 0.433 e. The molecule has 4 heterocycles. The van der Waals surface area contributed by atoms with Gasteiger partial charge in [0.05, 0.1) is 17.0 Å². The molecule has 31 heavy (non-hydrogen) atoms. The van der Waals surface area contributed by atoms with Gasteiger partial charge in [0.15, 0.2) is 0 Å². The minimum Gasteiger partial charge on any atom is -0.491 e. The Bertz CT molecular complexity index is 1260. The van der Waals surface area contributed by atoms with Crippen LogP contribution in [0.25, 0.3) is 21.9 Å². The summed E-state index contributed by atoms with van der Waals surface area (Å²) in [7, 11) is 0. The third-order valence-electron chi connectivity index (χ3n) is 5.33. The third kappa shape index (κ3) is 3.74. The number of nitrogens with zero attached hydrogens (tertiary/aromatic N) is 4. The maximum atomic E-state index is 12.9. The van der Waals surface area contributed by atoms with Gasteiger partial charge in [0.1, 0.15) is 42.1 Å². The van der Waals surface area contributed by atoms with Crippen LogP contribution in [0.5, 0.6) is 5.75 Å². The first-order valence-electron chi connectivity index (χ1n) is 9.72. The zero-order chi connectivity index (χ0) is 21.6. The lowest BCUT2D eigenvalue weighted by Crippen LogP contribution is -2.18. The lowest BCUT2D eigenvalue weighted by atomic mass is 10.2. The molecule has 7 nitrogen and oxygen atoms in total. The number of rotatable bonds is 4. The predicted octanol–water partition coefficient (Wildman–Crippen LogP) is 4.34. The van der Waals surface area contributed by atoms with Crippen molar-refractivity contribution >= 4 is 27.8 Å². The van der Waals surface area contributed by atoms with Crippen molar-refractivity contribution in [2.45, 2.75) is 31.3 Å². The first-order chi connectivity index (χ1) is 14.9. The number of benzene rings is 1. The largest absolute Gasteiger partial charge is 0.491 e. The van der Waals surface area contributed by atoms with Crippen molar-refractivity contribution in [3.63, 3.8) is 0 Å². The van der Waals surface area contributed by atoms with Crippen molar-refractivity contribution in [1.82, 2.24) is 19.5 Å². The van der Waals surface area contributed by atoms with Gasteiger partial charge in [-0.15, -0.1) is 0 Å². The highest BCUT2D eigenvalue weighted by atomic mass is 19.4. The Kier molecular flexibility index (Phi) is 4.66. The summed E-state index contributed by atoms with van der Waals surface area (Å²) in [5, 5.41) is 1.38. The fourth-order valence-electron chi connectivity index (χ4n) is 3.77. The van der Waals surface area contributed by atoms with E-state index in [1.54, 1.807) is 12.1 Å². The molecule has 0 amide bonds. The van der Waals surface area contributed by atoms with Crippen LogP contribution in [-0.2, 0) is 10.9 Å². The summed E-state index contributed by atoms with van der Waals surface area (Å²) in [5.41, 5.74) is 5.90. The van der Waals surface area contributed by atoms with Gasteiger partial charge in [-0.3, -0.25) is 0 Å². The maximum Gasteiger partial charge on any atom is 0.433 e. The van der Waals surface area contributed by atoms with Crippen molar-refractivity contribution in [3.8, 4) is 5.75 Å². The Morgan fingerprint density at radius 1 is 1.13 bits per heavy atom. The van der Waals surface area contributed by atoms with E-state index in [1.807, 2.05) is 16.8 Å². The molecule has 0 unspecified atom stereocenters. The molecule has 0 aliphatic carbocycles. The highest BCUT2D eigenvalue weighted by Gasteiger charge is 2.32. The maximum absolute atomic E-state index is 12.9. The van der Waals surface area contributed by atoms with Crippen molar-refractivity contribution < 1.29 is 22.6 Å². The fourth-order valence-corrected chi connectivity index (χ4v) is 3.77. The number of fused-ring (bicyclic) bond motifs is 2. The number of hydrogen-bond acceptors (Lipinski definition) is 6. The highest BCUT2D eigenvalue weighted by molar-refractivity contribution is 5.86. The number of halogens is 3. The van der Waals surface area contributed by atoms with Crippen molar-refractivity contribution in [2.75, 3.05) is 12.3 Å². The average Bonchev–Trinajstić information content (AvgIpc) is 3.38. The van der Waals surface area contributed by atoms with Gasteiger partial charge in [-0.25, -0.2) is 15.0 Å². The minimum atomic E-state index is -4.49. The zero-order valence-corrected chi connectivity index (χ0v) is 16.2. The molecular weight excluding hydrogens is 411 g/mol. The summed E-state index contributed by atoms with van der Waals surface area (Å²) in [6.07, 6.45) is -0.0147. The molecule has 1 fully saturated rings. The molecule has 0 saturated carbocycles. The SMILES string of the molecule is Nc1ncnc2c1ccn2[C@H]1CC[C@@H](COc2ccc3ccc(C(F)(F)F)nc3c2)O1. The van der Waals surface area contributed by atoms with Gasteiger partial charge in [-0.2, -0.15) is 13.2 Å². The van der Waals surface area contributed by atoms with Crippen LogP contribution in [0.3, 0.4) is 0 Å². The molecule has 2 atom stereocenters. The number of ether oxygens (including phenoxy) is 2. The molecule has 160 valence electrons. The van der Waals surface area contributed by atoms with E-state index in [0.717, 1.165) is 24.3 Å². The summed E-state index contributed by atoms with van der Waals surface area (Å²) in [4.78, 5) is 12.0. The van der Waals surface area contributed by atoms with E-state index < -0.39 is 11.9 Å². The molecule has 1 aliphatic heterocycles. The Balaban J connectivity index is 1.27. The Morgan fingerprint density at radius 3 is 2.81 bits per heavy atom. The van der Waals surface area contributed by atoms with Crippen molar-refractivity contribution in [1.29, 1.82) is 0 Å². The van der Waals surface area contributed by atoms with E-state index in [9.17, 15) is 13.2 Å².